The molecule has 2 aliphatic heterocycles. The van der Waals surface area contributed by atoms with Gasteiger partial charge in [0.15, 0.2) is 5.96 Å². The minimum absolute atomic E-state index is 0. The summed E-state index contributed by atoms with van der Waals surface area (Å²) in [4.78, 5) is 23.8. The van der Waals surface area contributed by atoms with Gasteiger partial charge in [-0.3, -0.25) is 14.7 Å². The Morgan fingerprint density at radius 3 is 2.48 bits per heavy atom. The summed E-state index contributed by atoms with van der Waals surface area (Å²) in [6.45, 7) is 10.9. The SMILES string of the molecule is CCCOc1cccc(CNC(=NC)N2CCN(C(C)C(=O)N3CCCC3)CC2)c1.I. The number of ether oxygens (including phenoxy) is 1. The third-order valence-electron chi connectivity index (χ3n) is 5.97. The molecule has 3 rings (SSSR count). The van der Waals surface area contributed by atoms with Crippen LogP contribution in [0.15, 0.2) is 29.3 Å². The Bertz CT molecular complexity index is 716. The molecule has 0 aliphatic carbocycles. The van der Waals surface area contributed by atoms with E-state index >= 15 is 0 Å². The number of carbonyl (C=O) groups excluding carboxylic acids is 1. The summed E-state index contributed by atoms with van der Waals surface area (Å²) >= 11 is 0. The van der Waals surface area contributed by atoms with E-state index in [0.717, 1.165) is 76.8 Å². The summed E-state index contributed by atoms with van der Waals surface area (Å²) in [7, 11) is 1.83. The predicted molar refractivity (Wildman–Crippen MR) is 136 cm³/mol. The number of carbonyl (C=O) groups is 1. The molecule has 174 valence electrons. The van der Waals surface area contributed by atoms with Gasteiger partial charge in [0.05, 0.1) is 12.6 Å². The van der Waals surface area contributed by atoms with Crippen molar-refractivity contribution in [2.24, 2.45) is 4.99 Å². The molecule has 8 heteroatoms. The highest BCUT2D eigenvalue weighted by molar-refractivity contribution is 14.0. The largest absolute Gasteiger partial charge is 0.494 e. The second-order valence-electron chi connectivity index (χ2n) is 8.13. The first-order valence-corrected chi connectivity index (χ1v) is 11.3. The van der Waals surface area contributed by atoms with Gasteiger partial charge in [0, 0.05) is 52.9 Å². The summed E-state index contributed by atoms with van der Waals surface area (Å²) in [5.41, 5.74) is 1.17. The molecule has 2 heterocycles. The van der Waals surface area contributed by atoms with E-state index < -0.39 is 0 Å². The van der Waals surface area contributed by atoms with Crippen LogP contribution in [0.1, 0.15) is 38.7 Å². The summed E-state index contributed by atoms with van der Waals surface area (Å²) in [6.07, 6.45) is 3.28. The van der Waals surface area contributed by atoms with Crippen molar-refractivity contribution in [3.05, 3.63) is 29.8 Å². The number of guanidine groups is 1. The van der Waals surface area contributed by atoms with Crippen LogP contribution in [-0.4, -0.2) is 85.5 Å². The minimum atomic E-state index is -0.0360. The Morgan fingerprint density at radius 1 is 1.13 bits per heavy atom. The molecule has 0 saturated carbocycles. The standard InChI is InChI=1S/C23H37N5O2.HI/c1-4-16-30-21-9-7-8-20(17-21)18-25-23(24-3)28-14-12-26(13-15-28)19(2)22(29)27-10-5-6-11-27;/h7-9,17,19H,4-6,10-16,18H2,1-3H3,(H,24,25);1H. The molecule has 0 radical (unpaired) electrons. The zero-order valence-corrected chi connectivity index (χ0v) is 21.5. The highest BCUT2D eigenvalue weighted by Crippen LogP contribution is 2.15. The zero-order valence-electron chi connectivity index (χ0n) is 19.2. The van der Waals surface area contributed by atoms with Gasteiger partial charge in [-0.25, -0.2) is 0 Å². The number of aliphatic imine (C=N–C) groups is 1. The van der Waals surface area contributed by atoms with Crippen LogP contribution in [0.2, 0.25) is 0 Å². The number of amides is 1. The number of benzene rings is 1. The first kappa shape index (κ1) is 25.7. The van der Waals surface area contributed by atoms with Crippen molar-refractivity contribution >= 4 is 35.8 Å². The fourth-order valence-corrected chi connectivity index (χ4v) is 4.16. The van der Waals surface area contributed by atoms with Gasteiger partial charge in [0.25, 0.3) is 0 Å². The maximum Gasteiger partial charge on any atom is 0.239 e. The van der Waals surface area contributed by atoms with E-state index in [1.165, 1.54) is 5.56 Å². The first-order chi connectivity index (χ1) is 14.6. The number of hydrogen-bond acceptors (Lipinski definition) is 4. The van der Waals surface area contributed by atoms with E-state index in [1.807, 2.05) is 24.1 Å². The monoisotopic (exact) mass is 543 g/mol. The smallest absolute Gasteiger partial charge is 0.239 e. The summed E-state index contributed by atoms with van der Waals surface area (Å²) in [5.74, 6) is 2.11. The van der Waals surface area contributed by atoms with Crippen molar-refractivity contribution in [1.29, 1.82) is 0 Å². The molecular formula is C23H38IN5O2. The fourth-order valence-electron chi connectivity index (χ4n) is 4.16. The van der Waals surface area contributed by atoms with E-state index in [0.29, 0.717) is 6.54 Å². The van der Waals surface area contributed by atoms with E-state index in [2.05, 4.69) is 46.1 Å². The van der Waals surface area contributed by atoms with Crippen LogP contribution >= 0.6 is 24.0 Å². The Kier molecular flexibility index (Phi) is 10.9. The Hall–Kier alpha value is -1.55. The lowest BCUT2D eigenvalue weighted by Crippen LogP contribution is -2.57. The molecule has 1 aromatic carbocycles. The van der Waals surface area contributed by atoms with E-state index in [-0.39, 0.29) is 35.9 Å². The topological polar surface area (TPSA) is 60.4 Å². The molecule has 0 bridgehead atoms. The Balaban J connectivity index is 0.00000341. The predicted octanol–water partition coefficient (Wildman–Crippen LogP) is 2.80. The Labute approximate surface area is 204 Å². The molecule has 31 heavy (non-hydrogen) atoms. The lowest BCUT2D eigenvalue weighted by Gasteiger charge is -2.39. The molecule has 1 N–H and O–H groups in total. The molecule has 1 amide bonds. The number of halogens is 1. The van der Waals surface area contributed by atoms with Crippen LogP contribution in [-0.2, 0) is 11.3 Å². The van der Waals surface area contributed by atoms with Gasteiger partial charge in [-0.15, -0.1) is 24.0 Å². The molecule has 2 fully saturated rings. The van der Waals surface area contributed by atoms with Gasteiger partial charge in [-0.1, -0.05) is 19.1 Å². The second-order valence-corrected chi connectivity index (χ2v) is 8.13. The molecule has 1 aromatic rings. The van der Waals surface area contributed by atoms with Crippen LogP contribution in [0, 0.1) is 0 Å². The molecular weight excluding hydrogens is 505 g/mol. The zero-order chi connectivity index (χ0) is 21.3. The molecule has 1 atom stereocenters. The van der Waals surface area contributed by atoms with Crippen molar-refractivity contribution in [3.63, 3.8) is 0 Å². The number of hydrogen-bond donors (Lipinski definition) is 1. The molecule has 2 aliphatic rings. The normalized spacial score (nSPS) is 18.5. The van der Waals surface area contributed by atoms with Crippen molar-refractivity contribution < 1.29 is 9.53 Å². The van der Waals surface area contributed by atoms with Gasteiger partial charge >= 0.3 is 0 Å². The van der Waals surface area contributed by atoms with Crippen molar-refractivity contribution in [1.82, 2.24) is 20.0 Å². The van der Waals surface area contributed by atoms with Crippen LogP contribution in [0.5, 0.6) is 5.75 Å². The van der Waals surface area contributed by atoms with E-state index in [9.17, 15) is 4.79 Å². The molecule has 7 nitrogen and oxygen atoms in total. The number of nitrogens with one attached hydrogen (secondary N) is 1. The highest BCUT2D eigenvalue weighted by atomic mass is 127. The van der Waals surface area contributed by atoms with E-state index in [4.69, 9.17) is 4.74 Å². The maximum absolute atomic E-state index is 12.7. The quantitative estimate of drug-likeness (QED) is 0.326. The van der Waals surface area contributed by atoms with Crippen molar-refractivity contribution in [2.75, 3.05) is 52.9 Å². The number of piperazine rings is 1. The first-order valence-electron chi connectivity index (χ1n) is 11.3. The maximum atomic E-state index is 12.7. The summed E-state index contributed by atoms with van der Waals surface area (Å²) < 4.78 is 5.73. The molecule has 2 saturated heterocycles. The fraction of sp³-hybridized carbons (Fsp3) is 0.652. The third kappa shape index (κ3) is 7.24. The number of rotatable bonds is 7. The molecule has 0 aromatic heterocycles. The average Bonchev–Trinajstić information content (AvgIpc) is 3.33. The van der Waals surface area contributed by atoms with Crippen molar-refractivity contribution in [2.45, 2.75) is 45.7 Å². The average molecular weight is 543 g/mol. The van der Waals surface area contributed by atoms with Crippen LogP contribution in [0.4, 0.5) is 0 Å². The molecule has 1 unspecified atom stereocenters. The van der Waals surface area contributed by atoms with E-state index in [1.54, 1.807) is 0 Å². The Morgan fingerprint density at radius 2 is 1.84 bits per heavy atom. The van der Waals surface area contributed by atoms with Crippen molar-refractivity contribution in [3.8, 4) is 5.75 Å². The lowest BCUT2D eigenvalue weighted by molar-refractivity contribution is -0.135. The number of nitrogens with zero attached hydrogens (tertiary/aromatic N) is 4. The minimum Gasteiger partial charge on any atom is -0.494 e. The molecule has 0 spiro atoms. The van der Waals surface area contributed by atoms with Crippen LogP contribution < -0.4 is 10.1 Å². The second kappa shape index (κ2) is 13.1. The van der Waals surface area contributed by atoms with Gasteiger partial charge in [0.2, 0.25) is 5.91 Å². The summed E-state index contributed by atoms with van der Waals surface area (Å²) in [6, 6.07) is 8.17. The third-order valence-corrected chi connectivity index (χ3v) is 5.97. The highest BCUT2D eigenvalue weighted by Gasteiger charge is 2.30. The lowest BCUT2D eigenvalue weighted by atomic mass is 10.2. The van der Waals surface area contributed by atoms with Gasteiger partial charge in [-0.2, -0.15) is 0 Å². The number of likely N-dealkylation sites (tertiary alicyclic amines) is 1. The van der Waals surface area contributed by atoms with Gasteiger partial charge < -0.3 is 19.9 Å². The van der Waals surface area contributed by atoms with Gasteiger partial charge in [-0.05, 0) is 43.9 Å². The van der Waals surface area contributed by atoms with Crippen LogP contribution in [0.3, 0.4) is 0 Å². The van der Waals surface area contributed by atoms with Gasteiger partial charge in [0.1, 0.15) is 5.75 Å². The van der Waals surface area contributed by atoms with Crippen LogP contribution in [0.25, 0.3) is 0 Å². The summed E-state index contributed by atoms with van der Waals surface area (Å²) in [5, 5.41) is 3.48.